The summed E-state index contributed by atoms with van der Waals surface area (Å²) in [6.45, 7) is 5.23. The third-order valence-corrected chi connectivity index (χ3v) is 2.97. The number of nitrogens with two attached hydrogens (primary N) is 1. The van der Waals surface area contributed by atoms with Crippen molar-refractivity contribution in [3.8, 4) is 6.07 Å². The number of hydrogen-bond acceptors (Lipinski definition) is 3. The Morgan fingerprint density at radius 3 is 2.59 bits per heavy atom. The summed E-state index contributed by atoms with van der Waals surface area (Å²) in [5, 5.41) is 9.01. The van der Waals surface area contributed by atoms with E-state index in [1.807, 2.05) is 13.0 Å². The molecule has 0 aliphatic carbocycles. The Bertz CT molecular complexity index is 486. The van der Waals surface area contributed by atoms with Crippen LogP contribution in [0.4, 0.5) is 5.69 Å². The number of aryl methyl sites for hydroxylation is 1. The highest BCUT2D eigenvalue weighted by Crippen LogP contribution is 2.21. The van der Waals surface area contributed by atoms with Gasteiger partial charge in [0.25, 0.3) is 5.91 Å². The third kappa shape index (κ3) is 2.39. The molecule has 0 fully saturated rings. The minimum Gasteiger partial charge on any atom is -0.398 e. The number of nitrogen functional groups attached to an aromatic ring is 1. The van der Waals surface area contributed by atoms with Crippen LogP contribution in [-0.4, -0.2) is 23.4 Å². The number of carbonyl (C=O) groups is 1. The monoisotopic (exact) mass is 231 g/mol. The van der Waals surface area contributed by atoms with Gasteiger partial charge in [-0.1, -0.05) is 12.1 Å². The first-order valence-electron chi connectivity index (χ1n) is 5.35. The molecule has 0 radical (unpaired) electrons. The van der Waals surface area contributed by atoms with Crippen LogP contribution in [0.5, 0.6) is 0 Å². The second-order valence-corrected chi connectivity index (χ2v) is 4.57. The van der Waals surface area contributed by atoms with Crippen molar-refractivity contribution in [2.45, 2.75) is 26.3 Å². The van der Waals surface area contributed by atoms with Crippen LogP contribution < -0.4 is 5.73 Å². The highest BCUT2D eigenvalue weighted by atomic mass is 16.2. The Labute approximate surface area is 102 Å². The fourth-order valence-corrected chi connectivity index (χ4v) is 1.38. The molecule has 0 aromatic heterocycles. The molecule has 1 aromatic rings. The summed E-state index contributed by atoms with van der Waals surface area (Å²) in [5.74, 6) is -0.238. The van der Waals surface area contributed by atoms with E-state index in [9.17, 15) is 4.79 Å². The predicted octanol–water partition coefficient (Wildman–Crippen LogP) is 1.95. The van der Waals surface area contributed by atoms with E-state index in [1.54, 1.807) is 33.0 Å². The summed E-state index contributed by atoms with van der Waals surface area (Å²) in [5.41, 5.74) is 6.79. The molecule has 4 heteroatoms. The number of para-hydroxylation sites is 1. The summed E-state index contributed by atoms with van der Waals surface area (Å²) in [7, 11) is 1.60. The van der Waals surface area contributed by atoms with Crippen LogP contribution in [-0.2, 0) is 0 Å². The molecule has 0 heterocycles. The Morgan fingerprint density at radius 2 is 2.06 bits per heavy atom. The van der Waals surface area contributed by atoms with Crippen LogP contribution in [0.1, 0.15) is 29.8 Å². The number of amides is 1. The molecule has 0 aliphatic rings. The lowest BCUT2D eigenvalue weighted by Crippen LogP contribution is -2.44. The number of rotatable bonds is 2. The minimum atomic E-state index is -0.854. The van der Waals surface area contributed by atoms with E-state index in [0.717, 1.165) is 5.56 Å². The zero-order valence-electron chi connectivity index (χ0n) is 10.6. The molecule has 1 amide bonds. The number of carbonyl (C=O) groups excluding carboxylic acids is 1. The van der Waals surface area contributed by atoms with Gasteiger partial charge in [-0.3, -0.25) is 4.79 Å². The van der Waals surface area contributed by atoms with Crippen LogP contribution in [0.15, 0.2) is 18.2 Å². The average Bonchev–Trinajstić information content (AvgIpc) is 2.30. The maximum absolute atomic E-state index is 12.2. The van der Waals surface area contributed by atoms with Gasteiger partial charge in [0.05, 0.1) is 11.6 Å². The smallest absolute Gasteiger partial charge is 0.256 e. The zero-order valence-corrected chi connectivity index (χ0v) is 10.6. The van der Waals surface area contributed by atoms with E-state index in [4.69, 9.17) is 11.0 Å². The van der Waals surface area contributed by atoms with E-state index < -0.39 is 5.54 Å². The molecule has 0 unspecified atom stereocenters. The fraction of sp³-hybridized carbons (Fsp3) is 0.385. The summed E-state index contributed by atoms with van der Waals surface area (Å²) < 4.78 is 0. The number of anilines is 1. The van der Waals surface area contributed by atoms with E-state index in [-0.39, 0.29) is 5.91 Å². The van der Waals surface area contributed by atoms with Crippen molar-refractivity contribution in [3.05, 3.63) is 29.3 Å². The van der Waals surface area contributed by atoms with Crippen molar-refractivity contribution in [3.63, 3.8) is 0 Å². The highest BCUT2D eigenvalue weighted by Gasteiger charge is 2.29. The first-order valence-corrected chi connectivity index (χ1v) is 5.35. The van der Waals surface area contributed by atoms with E-state index in [0.29, 0.717) is 11.3 Å². The Morgan fingerprint density at radius 1 is 1.47 bits per heavy atom. The Hall–Kier alpha value is -2.02. The second-order valence-electron chi connectivity index (χ2n) is 4.57. The highest BCUT2D eigenvalue weighted by molar-refractivity contribution is 6.00. The summed E-state index contributed by atoms with van der Waals surface area (Å²) >= 11 is 0. The molecule has 1 aromatic carbocycles. The van der Waals surface area contributed by atoms with Gasteiger partial charge >= 0.3 is 0 Å². The van der Waals surface area contributed by atoms with Crippen LogP contribution in [0.3, 0.4) is 0 Å². The van der Waals surface area contributed by atoms with Crippen LogP contribution >= 0.6 is 0 Å². The van der Waals surface area contributed by atoms with Gasteiger partial charge in [0.1, 0.15) is 5.54 Å². The quantitative estimate of drug-likeness (QED) is 0.791. The molecule has 0 aliphatic heterocycles. The van der Waals surface area contributed by atoms with Crippen molar-refractivity contribution in [2.24, 2.45) is 0 Å². The van der Waals surface area contributed by atoms with Crippen LogP contribution in [0.25, 0.3) is 0 Å². The molecule has 17 heavy (non-hydrogen) atoms. The first kappa shape index (κ1) is 13.0. The Balaban J connectivity index is 3.15. The number of nitrogens with zero attached hydrogens (tertiary/aromatic N) is 2. The molecule has 0 saturated heterocycles. The molecule has 2 N–H and O–H groups in total. The van der Waals surface area contributed by atoms with Crippen molar-refractivity contribution in [1.29, 1.82) is 5.26 Å². The summed E-state index contributed by atoms with van der Waals surface area (Å²) in [6, 6.07) is 7.40. The summed E-state index contributed by atoms with van der Waals surface area (Å²) in [4.78, 5) is 13.6. The van der Waals surface area contributed by atoms with Gasteiger partial charge in [-0.25, -0.2) is 0 Å². The maximum atomic E-state index is 12.2. The van der Waals surface area contributed by atoms with Crippen LogP contribution in [0.2, 0.25) is 0 Å². The molecule has 0 bridgehead atoms. The predicted molar refractivity (Wildman–Crippen MR) is 67.4 cm³/mol. The van der Waals surface area contributed by atoms with Gasteiger partial charge < -0.3 is 10.6 Å². The summed E-state index contributed by atoms with van der Waals surface area (Å²) in [6.07, 6.45) is 0. The average molecular weight is 231 g/mol. The van der Waals surface area contributed by atoms with Gasteiger partial charge in [-0.2, -0.15) is 5.26 Å². The van der Waals surface area contributed by atoms with E-state index >= 15 is 0 Å². The lowest BCUT2D eigenvalue weighted by atomic mass is 10.0. The molecular weight excluding hydrogens is 214 g/mol. The second kappa shape index (κ2) is 4.46. The molecule has 1 rings (SSSR count). The zero-order chi connectivity index (χ0) is 13.2. The molecular formula is C13H17N3O. The lowest BCUT2D eigenvalue weighted by molar-refractivity contribution is 0.0699. The van der Waals surface area contributed by atoms with Crippen molar-refractivity contribution in [2.75, 3.05) is 12.8 Å². The van der Waals surface area contributed by atoms with E-state index in [1.165, 1.54) is 4.90 Å². The Kier molecular flexibility index (Phi) is 3.42. The minimum absolute atomic E-state index is 0.238. The first-order chi connectivity index (χ1) is 7.81. The van der Waals surface area contributed by atoms with Crippen LogP contribution in [0, 0.1) is 18.3 Å². The lowest BCUT2D eigenvalue weighted by Gasteiger charge is -2.29. The molecule has 0 spiro atoms. The number of nitriles is 1. The largest absolute Gasteiger partial charge is 0.398 e. The van der Waals surface area contributed by atoms with Crippen molar-refractivity contribution >= 4 is 11.6 Å². The molecule has 90 valence electrons. The number of hydrogen-bond donors (Lipinski definition) is 1. The maximum Gasteiger partial charge on any atom is 0.256 e. The number of benzene rings is 1. The van der Waals surface area contributed by atoms with Gasteiger partial charge in [0.2, 0.25) is 0 Å². The normalized spacial score (nSPS) is 10.8. The molecule has 0 saturated carbocycles. The molecule has 4 nitrogen and oxygen atoms in total. The third-order valence-electron chi connectivity index (χ3n) is 2.97. The SMILES string of the molecule is Cc1cccc(C(=O)N(C)C(C)(C)C#N)c1N. The van der Waals surface area contributed by atoms with Gasteiger partial charge in [-0.15, -0.1) is 0 Å². The van der Waals surface area contributed by atoms with Crippen molar-refractivity contribution in [1.82, 2.24) is 4.90 Å². The fourth-order valence-electron chi connectivity index (χ4n) is 1.38. The molecule has 0 atom stereocenters. The van der Waals surface area contributed by atoms with Gasteiger partial charge in [0.15, 0.2) is 0 Å². The topological polar surface area (TPSA) is 70.1 Å². The van der Waals surface area contributed by atoms with E-state index in [2.05, 4.69) is 6.07 Å². The standard InChI is InChI=1S/C13H17N3O/c1-9-6-5-7-10(11(9)15)12(17)16(4)13(2,3)8-14/h5-7H,15H2,1-4H3. The van der Waals surface area contributed by atoms with Gasteiger partial charge in [0, 0.05) is 12.7 Å². The van der Waals surface area contributed by atoms with Gasteiger partial charge in [-0.05, 0) is 32.4 Å². The van der Waals surface area contributed by atoms with Crippen molar-refractivity contribution < 1.29 is 4.79 Å².